The first kappa shape index (κ1) is 41.7. The van der Waals surface area contributed by atoms with Crippen LogP contribution in [0, 0.1) is 18.7 Å². The Morgan fingerprint density at radius 3 is 2.32 bits per heavy atom. The third-order valence-corrected chi connectivity index (χ3v) is 15.0. The fourth-order valence-corrected chi connectivity index (χ4v) is 11.4. The second-order valence-corrected chi connectivity index (χ2v) is 18.9. The molecule has 1 spiro atoms. The number of carbonyl (C=O) groups excluding carboxylic acids is 2. The van der Waals surface area contributed by atoms with Gasteiger partial charge in [-0.25, -0.2) is 9.18 Å². The van der Waals surface area contributed by atoms with Crippen molar-refractivity contribution in [2.45, 2.75) is 75.8 Å². The number of nitrogens with two attached hydrogens (primary N) is 1. The molecule has 6 saturated heterocycles. The molecule has 2 atom stereocenters. The molecule has 0 radical (unpaired) electrons. The fourth-order valence-electron chi connectivity index (χ4n) is 11.4. The number of aromatic nitrogens is 3. The number of nitrogen functional groups attached to an aromatic ring is 1. The van der Waals surface area contributed by atoms with Crippen LogP contribution < -0.4 is 30.7 Å². The number of nitrogens with one attached hydrogen (secondary N) is 1. The molecule has 3 amide bonds. The van der Waals surface area contributed by atoms with Gasteiger partial charge in [0.05, 0.1) is 36.3 Å². The normalized spacial score (nSPS) is 23.2. The molecule has 2 aromatic heterocycles. The van der Waals surface area contributed by atoms with E-state index in [9.17, 15) is 14.7 Å². The number of phenols is 1. The summed E-state index contributed by atoms with van der Waals surface area (Å²) in [6.45, 7) is 9.56. The summed E-state index contributed by atoms with van der Waals surface area (Å²) in [6.07, 6.45) is 8.14. The molecule has 2 bridgehead atoms. The molecule has 0 saturated carbocycles. The monoisotopic (exact) mass is 884 g/mol. The average molecular weight is 885 g/mol. The van der Waals surface area contributed by atoms with Gasteiger partial charge < -0.3 is 44.5 Å². The van der Waals surface area contributed by atoms with Crippen molar-refractivity contribution in [1.29, 1.82) is 0 Å². The van der Waals surface area contributed by atoms with E-state index in [0.717, 1.165) is 118 Å². The highest BCUT2D eigenvalue weighted by Gasteiger charge is 2.43. The van der Waals surface area contributed by atoms with Crippen molar-refractivity contribution in [3.8, 4) is 17.0 Å². The van der Waals surface area contributed by atoms with Crippen LogP contribution in [-0.2, 0) is 14.3 Å². The van der Waals surface area contributed by atoms with E-state index < -0.39 is 5.79 Å². The number of nitrogens with zero attached hydrogens (tertiary/aromatic N) is 8. The quantitative estimate of drug-likeness (QED) is 0.157. The highest BCUT2D eigenvalue weighted by molar-refractivity contribution is 6.06. The molecule has 6 aliphatic heterocycles. The minimum absolute atomic E-state index is 0.0374. The summed E-state index contributed by atoms with van der Waals surface area (Å²) in [5, 5.41) is 22.5. The highest BCUT2D eigenvalue weighted by atomic mass is 19.1. The van der Waals surface area contributed by atoms with Crippen molar-refractivity contribution in [3.63, 3.8) is 0 Å². The van der Waals surface area contributed by atoms with Gasteiger partial charge in [-0.05, 0) is 98.7 Å². The first-order valence-electron chi connectivity index (χ1n) is 23.3. The minimum atomic E-state index is -0.559. The first-order valence-corrected chi connectivity index (χ1v) is 23.3. The number of urea groups is 1. The van der Waals surface area contributed by atoms with Crippen molar-refractivity contribution in [1.82, 2.24) is 25.0 Å². The fraction of sp³-hybridized carbons (Fsp3) is 0.469. The number of carbonyl (C=O) groups is 2. The molecule has 5 aromatic rings. The Balaban J connectivity index is 0.667. The summed E-state index contributed by atoms with van der Waals surface area (Å²) in [5.74, 6) is 0.108. The number of hydrogen-bond donors (Lipinski definition) is 3. The van der Waals surface area contributed by atoms with Crippen LogP contribution in [0.4, 0.5) is 37.8 Å². The lowest BCUT2D eigenvalue weighted by Gasteiger charge is -2.46. The largest absolute Gasteiger partial charge is 0.507 e. The van der Waals surface area contributed by atoms with Gasteiger partial charge in [-0.3, -0.25) is 15.0 Å². The van der Waals surface area contributed by atoms with Gasteiger partial charge in [0.25, 0.3) is 0 Å². The number of para-hydroxylation sites is 1. The molecule has 0 aliphatic carbocycles. The summed E-state index contributed by atoms with van der Waals surface area (Å²) < 4.78 is 31.0. The van der Waals surface area contributed by atoms with Gasteiger partial charge in [-0.15, -0.1) is 10.2 Å². The summed E-state index contributed by atoms with van der Waals surface area (Å²) in [7, 11) is 0. The van der Waals surface area contributed by atoms with Crippen LogP contribution in [0.5, 0.6) is 5.75 Å². The lowest BCUT2D eigenvalue weighted by molar-refractivity contribution is -0.295. The molecule has 16 heteroatoms. The zero-order valence-electron chi connectivity index (χ0n) is 36.9. The van der Waals surface area contributed by atoms with Crippen LogP contribution in [-0.4, -0.2) is 120 Å². The molecule has 6 aliphatic rings. The standard InChI is InChI=1S/C49H57FN10O5/c1-31-22-42-33(23-41(31)59-19-13-46(62)52-48(59)63)12-18-58(42)37-29-64-49(65-30-37)14-20-55(21-15-49)26-32-10-16-56(17-11-32)43-24-34(8-9-39(43)50)60-35-6-7-36(60)28-57(27-35)44-25-40(53-54-47(44)51)38-4-2-3-5-45(38)61/h2-5,8-9,12,18,22-25,32,35-37,61H,6-7,10-11,13-17,19-21,26-30H2,1H3,(H2,51,54)(H,52,62,63). The molecular weight excluding hydrogens is 828 g/mol. The number of piperidine rings is 2. The number of imide groups is 1. The van der Waals surface area contributed by atoms with Crippen LogP contribution in [0.25, 0.3) is 22.2 Å². The van der Waals surface area contributed by atoms with Crippen LogP contribution in [0.2, 0.25) is 0 Å². The highest BCUT2D eigenvalue weighted by Crippen LogP contribution is 2.42. The number of aromatic hydroxyl groups is 1. The number of piperazine rings is 1. The number of anilines is 5. The maximum absolute atomic E-state index is 15.6. The molecule has 65 heavy (non-hydrogen) atoms. The smallest absolute Gasteiger partial charge is 0.328 e. The predicted octanol–water partition coefficient (Wildman–Crippen LogP) is 6.43. The first-order chi connectivity index (χ1) is 31.6. The van der Waals surface area contributed by atoms with E-state index in [1.165, 1.54) is 0 Å². The Hall–Kier alpha value is -5.97. The van der Waals surface area contributed by atoms with Gasteiger partial charge in [0.1, 0.15) is 11.6 Å². The van der Waals surface area contributed by atoms with Crippen molar-refractivity contribution in [3.05, 3.63) is 84.3 Å². The van der Waals surface area contributed by atoms with E-state index in [4.69, 9.17) is 15.2 Å². The van der Waals surface area contributed by atoms with Gasteiger partial charge in [-0.2, -0.15) is 0 Å². The molecule has 8 heterocycles. The Kier molecular flexibility index (Phi) is 10.8. The maximum Gasteiger partial charge on any atom is 0.328 e. The maximum atomic E-state index is 15.6. The third-order valence-electron chi connectivity index (χ3n) is 15.0. The number of phenolic OH excluding ortho intramolecular Hbond substituents is 1. The molecule has 11 rings (SSSR count). The minimum Gasteiger partial charge on any atom is -0.507 e. The van der Waals surface area contributed by atoms with Crippen molar-refractivity contribution >= 4 is 51.4 Å². The number of likely N-dealkylation sites (tertiary alicyclic amines) is 1. The van der Waals surface area contributed by atoms with Gasteiger partial charge in [0.15, 0.2) is 11.6 Å². The van der Waals surface area contributed by atoms with Crippen LogP contribution >= 0.6 is 0 Å². The van der Waals surface area contributed by atoms with E-state index in [1.54, 1.807) is 23.1 Å². The Labute approximate surface area is 377 Å². The summed E-state index contributed by atoms with van der Waals surface area (Å²) >= 11 is 0. The van der Waals surface area contributed by atoms with Crippen LogP contribution in [0.3, 0.4) is 0 Å². The van der Waals surface area contributed by atoms with Gasteiger partial charge in [0.2, 0.25) is 5.91 Å². The number of benzene rings is 3. The molecule has 2 unspecified atom stereocenters. The topological polar surface area (TPSA) is 158 Å². The van der Waals surface area contributed by atoms with Gasteiger partial charge in [0, 0.05) is 118 Å². The average Bonchev–Trinajstić information content (AvgIpc) is 3.84. The molecule has 6 fully saturated rings. The van der Waals surface area contributed by atoms with Crippen molar-refractivity contribution in [2.24, 2.45) is 5.92 Å². The summed E-state index contributed by atoms with van der Waals surface area (Å²) in [5.41, 5.74) is 13.0. The molecular formula is C49H57FN10O5. The zero-order valence-corrected chi connectivity index (χ0v) is 36.9. The molecule has 15 nitrogen and oxygen atoms in total. The molecule has 340 valence electrons. The van der Waals surface area contributed by atoms with E-state index in [1.807, 2.05) is 37.3 Å². The number of hydrogen-bond acceptors (Lipinski definition) is 12. The molecule has 3 aromatic carbocycles. The second-order valence-electron chi connectivity index (χ2n) is 18.9. The SMILES string of the molecule is Cc1cc2c(ccn2C2COC3(CCN(CC4CCN(c5cc(N6C7CCC6CN(c6cc(-c8ccccc8O)nnc6N)C7)ccc5F)CC4)CC3)OC2)cc1N1CCC(=O)NC1=O. The molecule has 4 N–H and O–H groups in total. The van der Waals surface area contributed by atoms with Crippen molar-refractivity contribution in [2.75, 3.05) is 90.9 Å². The van der Waals surface area contributed by atoms with E-state index in [2.05, 4.69) is 64.1 Å². The number of fused-ring (bicyclic) bond motifs is 3. The van der Waals surface area contributed by atoms with E-state index >= 15 is 4.39 Å². The summed E-state index contributed by atoms with van der Waals surface area (Å²) in [6, 6.07) is 21.1. The lowest BCUT2D eigenvalue weighted by Crippen LogP contribution is -2.54. The third kappa shape index (κ3) is 7.88. The Morgan fingerprint density at radius 2 is 1.58 bits per heavy atom. The number of aryl methyl sites for hydroxylation is 1. The predicted molar refractivity (Wildman–Crippen MR) is 248 cm³/mol. The van der Waals surface area contributed by atoms with E-state index in [-0.39, 0.29) is 48.1 Å². The second kappa shape index (κ2) is 16.8. The number of halogens is 1. The lowest BCUT2D eigenvalue weighted by atomic mass is 9.94. The Bertz CT molecular complexity index is 2600. The van der Waals surface area contributed by atoms with Crippen molar-refractivity contribution < 1.29 is 28.6 Å². The van der Waals surface area contributed by atoms with Gasteiger partial charge >= 0.3 is 6.03 Å². The number of ether oxygens (including phenoxy) is 2. The zero-order chi connectivity index (χ0) is 44.4. The van der Waals surface area contributed by atoms with Crippen LogP contribution in [0.15, 0.2) is 72.9 Å². The number of rotatable bonds is 8. The van der Waals surface area contributed by atoms with E-state index in [0.29, 0.717) is 48.4 Å². The Morgan fingerprint density at radius 1 is 0.831 bits per heavy atom. The number of amides is 3. The van der Waals surface area contributed by atoms with Gasteiger partial charge in [-0.1, -0.05) is 12.1 Å². The van der Waals surface area contributed by atoms with Crippen LogP contribution in [0.1, 0.15) is 56.6 Å². The summed E-state index contributed by atoms with van der Waals surface area (Å²) in [4.78, 5) is 35.5.